The quantitative estimate of drug-likeness (QED) is 0.744. The summed E-state index contributed by atoms with van der Waals surface area (Å²) < 4.78 is 0. The van der Waals surface area contributed by atoms with Crippen molar-refractivity contribution in [3.05, 3.63) is 35.9 Å². The first-order valence-corrected chi connectivity index (χ1v) is 5.38. The SMILES string of the molecule is CC#CCCC(O)C(C)c1ccccc1. The van der Waals surface area contributed by atoms with E-state index >= 15 is 0 Å². The van der Waals surface area contributed by atoms with Gasteiger partial charge in [0.1, 0.15) is 0 Å². The third-order valence-corrected chi connectivity index (χ3v) is 2.64. The molecule has 0 saturated carbocycles. The summed E-state index contributed by atoms with van der Waals surface area (Å²) in [5, 5.41) is 9.93. The van der Waals surface area contributed by atoms with Gasteiger partial charge in [0.05, 0.1) is 6.10 Å². The van der Waals surface area contributed by atoms with E-state index in [1.165, 1.54) is 5.56 Å². The Labute approximate surface area is 92.1 Å². The lowest BCUT2D eigenvalue weighted by Crippen LogP contribution is -2.15. The second kappa shape index (κ2) is 6.27. The molecular weight excluding hydrogens is 184 g/mol. The third kappa shape index (κ3) is 3.77. The van der Waals surface area contributed by atoms with Crippen LogP contribution in [0.3, 0.4) is 0 Å². The summed E-state index contributed by atoms with van der Waals surface area (Å²) in [4.78, 5) is 0. The summed E-state index contributed by atoms with van der Waals surface area (Å²) in [5.74, 6) is 6.00. The molecule has 0 spiro atoms. The summed E-state index contributed by atoms with van der Waals surface area (Å²) >= 11 is 0. The number of aliphatic hydroxyl groups is 1. The van der Waals surface area contributed by atoms with E-state index < -0.39 is 0 Å². The summed E-state index contributed by atoms with van der Waals surface area (Å²) in [7, 11) is 0. The zero-order valence-corrected chi connectivity index (χ0v) is 9.40. The molecule has 0 aliphatic carbocycles. The van der Waals surface area contributed by atoms with Gasteiger partial charge in [0.15, 0.2) is 0 Å². The van der Waals surface area contributed by atoms with E-state index in [9.17, 15) is 5.11 Å². The average Bonchev–Trinajstić information content (AvgIpc) is 2.29. The highest BCUT2D eigenvalue weighted by Crippen LogP contribution is 2.21. The maximum atomic E-state index is 9.93. The van der Waals surface area contributed by atoms with Crippen LogP contribution < -0.4 is 0 Å². The molecule has 0 amide bonds. The predicted octanol–water partition coefficient (Wildman–Crippen LogP) is 2.95. The number of rotatable bonds is 4. The molecule has 0 bridgehead atoms. The molecule has 2 unspecified atom stereocenters. The highest BCUT2D eigenvalue weighted by atomic mass is 16.3. The van der Waals surface area contributed by atoms with Gasteiger partial charge in [0, 0.05) is 12.3 Å². The van der Waals surface area contributed by atoms with Crippen LogP contribution in [-0.2, 0) is 0 Å². The van der Waals surface area contributed by atoms with Crippen LogP contribution in [0.25, 0.3) is 0 Å². The topological polar surface area (TPSA) is 20.2 Å². The van der Waals surface area contributed by atoms with Crippen LogP contribution in [0.2, 0.25) is 0 Å². The van der Waals surface area contributed by atoms with E-state index in [0.717, 1.165) is 12.8 Å². The summed E-state index contributed by atoms with van der Waals surface area (Å²) in [6, 6.07) is 10.1. The average molecular weight is 202 g/mol. The first-order chi connectivity index (χ1) is 7.25. The first kappa shape index (κ1) is 11.8. The molecule has 0 aromatic heterocycles. The van der Waals surface area contributed by atoms with Crippen molar-refractivity contribution < 1.29 is 5.11 Å². The van der Waals surface area contributed by atoms with Gasteiger partial charge in [-0.1, -0.05) is 37.3 Å². The highest BCUT2D eigenvalue weighted by molar-refractivity contribution is 5.19. The van der Waals surface area contributed by atoms with Crippen LogP contribution in [0.15, 0.2) is 30.3 Å². The molecule has 0 saturated heterocycles. The van der Waals surface area contributed by atoms with Crippen molar-refractivity contribution in [3.63, 3.8) is 0 Å². The van der Waals surface area contributed by atoms with Crippen molar-refractivity contribution in [2.45, 2.75) is 38.7 Å². The van der Waals surface area contributed by atoms with Gasteiger partial charge in [0.25, 0.3) is 0 Å². The summed E-state index contributed by atoms with van der Waals surface area (Å²) in [6.07, 6.45) is 1.22. The Morgan fingerprint density at radius 1 is 1.27 bits per heavy atom. The molecule has 80 valence electrons. The van der Waals surface area contributed by atoms with Crippen LogP contribution in [0, 0.1) is 11.8 Å². The molecule has 0 aliphatic rings. The molecule has 1 heteroatoms. The van der Waals surface area contributed by atoms with E-state index in [-0.39, 0.29) is 12.0 Å². The van der Waals surface area contributed by atoms with Crippen molar-refractivity contribution in [3.8, 4) is 11.8 Å². The fourth-order valence-corrected chi connectivity index (χ4v) is 1.57. The maximum Gasteiger partial charge on any atom is 0.0615 e. The van der Waals surface area contributed by atoms with Gasteiger partial charge in [-0.15, -0.1) is 11.8 Å². The van der Waals surface area contributed by atoms with Crippen molar-refractivity contribution in [2.75, 3.05) is 0 Å². The van der Waals surface area contributed by atoms with E-state index in [4.69, 9.17) is 0 Å². The highest BCUT2D eigenvalue weighted by Gasteiger charge is 2.14. The summed E-state index contributed by atoms with van der Waals surface area (Å²) in [5.41, 5.74) is 1.19. The molecule has 1 nitrogen and oxygen atoms in total. The second-order valence-electron chi connectivity index (χ2n) is 3.73. The molecule has 1 aromatic carbocycles. The Bertz CT molecular complexity index is 331. The van der Waals surface area contributed by atoms with Crippen LogP contribution in [0.5, 0.6) is 0 Å². The van der Waals surface area contributed by atoms with Gasteiger partial charge < -0.3 is 5.11 Å². The number of hydrogen-bond donors (Lipinski definition) is 1. The normalized spacial score (nSPS) is 13.8. The largest absolute Gasteiger partial charge is 0.392 e. The molecule has 1 rings (SSSR count). The molecule has 1 N–H and O–H groups in total. The van der Waals surface area contributed by atoms with Crippen LogP contribution in [0.1, 0.15) is 38.2 Å². The molecule has 0 fully saturated rings. The predicted molar refractivity (Wildman–Crippen MR) is 63.5 cm³/mol. The Hall–Kier alpha value is -1.26. The molecular formula is C14H18O. The van der Waals surface area contributed by atoms with Crippen molar-refractivity contribution >= 4 is 0 Å². The van der Waals surface area contributed by atoms with Gasteiger partial charge in [-0.2, -0.15) is 0 Å². The Morgan fingerprint density at radius 3 is 2.53 bits per heavy atom. The number of benzene rings is 1. The fraction of sp³-hybridized carbons (Fsp3) is 0.429. The molecule has 2 atom stereocenters. The molecule has 0 radical (unpaired) electrons. The number of hydrogen-bond acceptors (Lipinski definition) is 1. The van der Waals surface area contributed by atoms with Crippen molar-refractivity contribution in [1.82, 2.24) is 0 Å². The van der Waals surface area contributed by atoms with Crippen molar-refractivity contribution in [1.29, 1.82) is 0 Å². The minimum absolute atomic E-state index is 0.185. The van der Waals surface area contributed by atoms with Gasteiger partial charge >= 0.3 is 0 Å². The van der Waals surface area contributed by atoms with Crippen LogP contribution in [0.4, 0.5) is 0 Å². The minimum atomic E-state index is -0.298. The Morgan fingerprint density at radius 2 is 1.93 bits per heavy atom. The molecule has 15 heavy (non-hydrogen) atoms. The monoisotopic (exact) mass is 202 g/mol. The van der Waals surface area contributed by atoms with Crippen LogP contribution in [-0.4, -0.2) is 11.2 Å². The minimum Gasteiger partial charge on any atom is -0.392 e. The van der Waals surface area contributed by atoms with E-state index in [2.05, 4.69) is 30.9 Å². The lowest BCUT2D eigenvalue weighted by molar-refractivity contribution is 0.141. The smallest absolute Gasteiger partial charge is 0.0615 e. The van der Waals surface area contributed by atoms with E-state index in [0.29, 0.717) is 0 Å². The third-order valence-electron chi connectivity index (χ3n) is 2.64. The maximum absolute atomic E-state index is 9.93. The Kier molecular flexibility index (Phi) is 4.93. The lowest BCUT2D eigenvalue weighted by Gasteiger charge is -2.18. The fourth-order valence-electron chi connectivity index (χ4n) is 1.57. The molecule has 0 heterocycles. The van der Waals surface area contributed by atoms with E-state index in [1.807, 2.05) is 25.1 Å². The number of aliphatic hydroxyl groups excluding tert-OH is 1. The summed E-state index contributed by atoms with van der Waals surface area (Å²) in [6.45, 7) is 3.88. The van der Waals surface area contributed by atoms with Crippen LogP contribution >= 0.6 is 0 Å². The lowest BCUT2D eigenvalue weighted by atomic mass is 9.93. The molecule has 0 aliphatic heterocycles. The van der Waals surface area contributed by atoms with Gasteiger partial charge in [-0.25, -0.2) is 0 Å². The first-order valence-electron chi connectivity index (χ1n) is 5.38. The zero-order valence-electron chi connectivity index (χ0n) is 9.40. The van der Waals surface area contributed by atoms with E-state index in [1.54, 1.807) is 0 Å². The Balaban J connectivity index is 2.52. The van der Waals surface area contributed by atoms with Crippen molar-refractivity contribution in [2.24, 2.45) is 0 Å². The van der Waals surface area contributed by atoms with Gasteiger partial charge in [-0.05, 0) is 18.9 Å². The standard InChI is InChI=1S/C14H18O/c1-3-4-6-11-14(15)12(2)13-9-7-5-8-10-13/h5,7-10,12,14-15H,6,11H2,1-2H3. The molecule has 1 aromatic rings. The van der Waals surface area contributed by atoms with Gasteiger partial charge in [-0.3, -0.25) is 0 Å². The second-order valence-corrected chi connectivity index (χ2v) is 3.73. The van der Waals surface area contributed by atoms with Gasteiger partial charge in [0.2, 0.25) is 0 Å². The zero-order chi connectivity index (χ0) is 11.1.